The van der Waals surface area contributed by atoms with Gasteiger partial charge in [-0.25, -0.2) is 4.99 Å². The molecule has 0 radical (unpaired) electrons. The highest BCUT2D eigenvalue weighted by molar-refractivity contribution is 14.0. The molecule has 2 N–H and O–H groups in total. The van der Waals surface area contributed by atoms with Crippen molar-refractivity contribution in [1.29, 1.82) is 0 Å². The summed E-state index contributed by atoms with van der Waals surface area (Å²) < 4.78 is 0. The van der Waals surface area contributed by atoms with Crippen LogP contribution in [0.2, 0.25) is 0 Å². The number of aryl methyl sites for hydroxylation is 1. The van der Waals surface area contributed by atoms with Gasteiger partial charge in [-0.1, -0.05) is 31.2 Å². The van der Waals surface area contributed by atoms with Gasteiger partial charge in [-0.2, -0.15) is 0 Å². The maximum Gasteiger partial charge on any atom is 0.242 e. The van der Waals surface area contributed by atoms with Crippen LogP contribution in [0.5, 0.6) is 0 Å². The zero-order valence-corrected chi connectivity index (χ0v) is 17.2. The summed E-state index contributed by atoms with van der Waals surface area (Å²) in [4.78, 5) is 18.3. The van der Waals surface area contributed by atoms with E-state index in [9.17, 15) is 4.79 Å². The predicted molar refractivity (Wildman–Crippen MR) is 110 cm³/mol. The van der Waals surface area contributed by atoms with Crippen LogP contribution in [0.3, 0.4) is 0 Å². The predicted octanol–water partition coefficient (Wildman–Crippen LogP) is 2.54. The molecular weight excluding hydrogens is 415 g/mol. The van der Waals surface area contributed by atoms with E-state index in [1.54, 1.807) is 0 Å². The second-order valence-electron chi connectivity index (χ2n) is 6.04. The number of hydrogen-bond acceptors (Lipinski definition) is 2. The number of benzene rings is 1. The number of amides is 1. The average Bonchev–Trinajstić information content (AvgIpc) is 3.36. The van der Waals surface area contributed by atoms with E-state index in [-0.39, 0.29) is 36.4 Å². The lowest BCUT2D eigenvalue weighted by atomic mass is 10.1. The van der Waals surface area contributed by atoms with Crippen LogP contribution < -0.4 is 10.6 Å². The minimum atomic E-state index is 0. The molecule has 1 aromatic carbocycles. The number of carbonyl (C=O) groups excluding carboxylic acids is 1. The summed E-state index contributed by atoms with van der Waals surface area (Å²) in [6.07, 6.45) is 3.25. The number of rotatable bonds is 7. The third kappa shape index (κ3) is 7.07. The van der Waals surface area contributed by atoms with Crippen LogP contribution in [-0.4, -0.2) is 42.9 Å². The fraction of sp³-hybridized carbons (Fsp3) is 0.556. The van der Waals surface area contributed by atoms with Crippen molar-refractivity contribution in [1.82, 2.24) is 15.5 Å². The van der Waals surface area contributed by atoms with E-state index in [4.69, 9.17) is 0 Å². The Morgan fingerprint density at radius 3 is 2.38 bits per heavy atom. The molecule has 0 heterocycles. The maximum atomic E-state index is 11.8. The molecule has 1 saturated carbocycles. The Morgan fingerprint density at radius 2 is 1.83 bits per heavy atom. The van der Waals surface area contributed by atoms with Crippen LogP contribution in [-0.2, 0) is 17.8 Å². The molecule has 0 saturated heterocycles. The summed E-state index contributed by atoms with van der Waals surface area (Å²) in [5, 5.41) is 6.21. The minimum absolute atomic E-state index is 0. The molecule has 0 aliphatic heterocycles. The van der Waals surface area contributed by atoms with Gasteiger partial charge in [-0.15, -0.1) is 24.0 Å². The lowest BCUT2D eigenvalue weighted by molar-refractivity contribution is -0.119. The summed E-state index contributed by atoms with van der Waals surface area (Å²) in [6, 6.07) is 9.01. The number of halogens is 1. The van der Waals surface area contributed by atoms with Crippen LogP contribution in [0.15, 0.2) is 29.3 Å². The van der Waals surface area contributed by atoms with E-state index in [1.807, 2.05) is 14.0 Å². The van der Waals surface area contributed by atoms with Crippen LogP contribution in [0, 0.1) is 0 Å². The molecule has 5 nitrogen and oxygen atoms in total. The van der Waals surface area contributed by atoms with Crippen molar-refractivity contribution in [3.05, 3.63) is 35.4 Å². The number of hydrogen-bond donors (Lipinski definition) is 2. The van der Waals surface area contributed by atoms with E-state index in [0.29, 0.717) is 6.04 Å². The van der Waals surface area contributed by atoms with Crippen molar-refractivity contribution in [2.45, 2.75) is 45.7 Å². The Balaban J connectivity index is 0.00000288. The van der Waals surface area contributed by atoms with Crippen molar-refractivity contribution in [2.75, 3.05) is 20.1 Å². The van der Waals surface area contributed by atoms with Crippen LogP contribution in [0.4, 0.5) is 0 Å². The topological polar surface area (TPSA) is 56.7 Å². The first kappa shape index (κ1) is 20.7. The lowest BCUT2D eigenvalue weighted by Crippen LogP contribution is -2.39. The van der Waals surface area contributed by atoms with Crippen molar-refractivity contribution < 1.29 is 4.79 Å². The summed E-state index contributed by atoms with van der Waals surface area (Å²) in [5.41, 5.74) is 2.58. The summed E-state index contributed by atoms with van der Waals surface area (Å²) >= 11 is 0. The van der Waals surface area contributed by atoms with E-state index in [2.05, 4.69) is 51.7 Å². The summed E-state index contributed by atoms with van der Waals surface area (Å²) in [5.74, 6) is 0.765. The van der Waals surface area contributed by atoms with Gasteiger partial charge in [0.1, 0.15) is 6.54 Å². The Hall–Kier alpha value is -1.31. The molecule has 134 valence electrons. The minimum Gasteiger partial charge on any atom is -0.357 e. The Bertz CT molecular complexity index is 540. The molecule has 0 bridgehead atoms. The molecule has 1 amide bonds. The fourth-order valence-electron chi connectivity index (χ4n) is 2.35. The molecule has 0 aromatic heterocycles. The second kappa shape index (κ2) is 10.5. The van der Waals surface area contributed by atoms with Gasteiger partial charge in [0.2, 0.25) is 5.91 Å². The molecule has 6 heteroatoms. The normalized spacial score (nSPS) is 13.9. The highest BCUT2D eigenvalue weighted by Crippen LogP contribution is 2.18. The standard InChI is InChI=1S/C18H28N4O.HI/c1-4-14-6-8-15(9-7-14)13-22(3)18(19-5-2)20-12-17(23)21-16-10-11-16;/h6-9,16H,4-5,10-13H2,1-3H3,(H,19,20)(H,21,23);1H. The molecule has 0 spiro atoms. The van der Waals surface area contributed by atoms with E-state index < -0.39 is 0 Å². The van der Waals surface area contributed by atoms with Crippen LogP contribution in [0.1, 0.15) is 37.8 Å². The highest BCUT2D eigenvalue weighted by atomic mass is 127. The van der Waals surface area contributed by atoms with Gasteiger partial charge in [0.25, 0.3) is 0 Å². The van der Waals surface area contributed by atoms with Crippen molar-refractivity contribution in [3.8, 4) is 0 Å². The second-order valence-corrected chi connectivity index (χ2v) is 6.04. The number of guanidine groups is 1. The van der Waals surface area contributed by atoms with Gasteiger partial charge in [-0.3, -0.25) is 4.79 Å². The molecule has 1 fully saturated rings. The number of carbonyl (C=O) groups is 1. The van der Waals surface area contributed by atoms with Crippen molar-refractivity contribution in [3.63, 3.8) is 0 Å². The first-order chi connectivity index (χ1) is 11.1. The number of nitrogens with one attached hydrogen (secondary N) is 2. The zero-order chi connectivity index (χ0) is 16.7. The van der Waals surface area contributed by atoms with E-state index >= 15 is 0 Å². The van der Waals surface area contributed by atoms with E-state index in [0.717, 1.165) is 38.3 Å². The molecule has 1 aliphatic carbocycles. The molecule has 1 aromatic rings. The Kier molecular flexibility index (Phi) is 9.10. The Labute approximate surface area is 162 Å². The lowest BCUT2D eigenvalue weighted by Gasteiger charge is -2.22. The first-order valence-corrected chi connectivity index (χ1v) is 8.49. The maximum absolute atomic E-state index is 11.8. The molecule has 2 rings (SSSR count). The summed E-state index contributed by atoms with van der Waals surface area (Å²) in [6.45, 7) is 5.91. The fourth-order valence-corrected chi connectivity index (χ4v) is 2.35. The SMILES string of the molecule is CCNC(=NCC(=O)NC1CC1)N(C)Cc1ccc(CC)cc1.I. The highest BCUT2D eigenvalue weighted by Gasteiger charge is 2.22. The smallest absolute Gasteiger partial charge is 0.242 e. The molecule has 1 aliphatic rings. The quantitative estimate of drug-likeness (QED) is 0.386. The van der Waals surface area contributed by atoms with Crippen LogP contribution in [0.25, 0.3) is 0 Å². The van der Waals surface area contributed by atoms with Gasteiger partial charge >= 0.3 is 0 Å². The Morgan fingerprint density at radius 1 is 1.21 bits per heavy atom. The van der Waals surface area contributed by atoms with Crippen molar-refractivity contribution in [2.24, 2.45) is 4.99 Å². The average molecular weight is 444 g/mol. The third-order valence-corrected chi connectivity index (χ3v) is 3.86. The number of nitrogens with zero attached hydrogens (tertiary/aromatic N) is 2. The summed E-state index contributed by atoms with van der Waals surface area (Å²) in [7, 11) is 1.99. The monoisotopic (exact) mass is 444 g/mol. The third-order valence-electron chi connectivity index (χ3n) is 3.86. The van der Waals surface area contributed by atoms with Gasteiger partial charge in [0.05, 0.1) is 0 Å². The van der Waals surface area contributed by atoms with Gasteiger partial charge in [-0.05, 0) is 37.3 Å². The molecular formula is C18H29IN4O. The molecule has 24 heavy (non-hydrogen) atoms. The van der Waals surface area contributed by atoms with Gasteiger partial charge < -0.3 is 15.5 Å². The zero-order valence-electron chi connectivity index (χ0n) is 14.8. The molecule has 0 atom stereocenters. The van der Waals surface area contributed by atoms with E-state index in [1.165, 1.54) is 11.1 Å². The number of aliphatic imine (C=N–C) groups is 1. The largest absolute Gasteiger partial charge is 0.357 e. The van der Waals surface area contributed by atoms with Gasteiger partial charge in [0, 0.05) is 26.2 Å². The molecule has 0 unspecified atom stereocenters. The van der Waals surface area contributed by atoms with Crippen LogP contribution >= 0.6 is 24.0 Å². The van der Waals surface area contributed by atoms with Crippen molar-refractivity contribution >= 4 is 35.8 Å². The van der Waals surface area contributed by atoms with Gasteiger partial charge in [0.15, 0.2) is 5.96 Å². The first-order valence-electron chi connectivity index (χ1n) is 8.49.